The van der Waals surface area contributed by atoms with Crippen LogP contribution in [0.2, 0.25) is 0 Å². The predicted molar refractivity (Wildman–Crippen MR) is 106 cm³/mol. The van der Waals surface area contributed by atoms with E-state index in [2.05, 4.69) is 16.0 Å². The molecule has 0 bridgehead atoms. The van der Waals surface area contributed by atoms with E-state index in [4.69, 9.17) is 4.84 Å². The second-order valence-electron chi connectivity index (χ2n) is 5.99. The molecule has 2 aromatic rings. The molecule has 0 fully saturated rings. The van der Waals surface area contributed by atoms with Crippen LogP contribution in [-0.2, 0) is 14.9 Å². The maximum atomic E-state index is 12.2. The standard InChI is InChI=1S/C17H24N4O4S2/c1-20(2)16(13-9-10-26-12-13)11-18-17(22)19-14-5-7-15(8-6-14)27(23,24)21(3)25-4/h5-10,12,16H,11H2,1-4H3,(H2,18,19,22). The molecule has 0 radical (unpaired) electrons. The van der Waals surface area contributed by atoms with Crippen LogP contribution in [-0.4, -0.2) is 58.6 Å². The van der Waals surface area contributed by atoms with Crippen molar-refractivity contribution in [2.45, 2.75) is 10.9 Å². The number of benzene rings is 1. The predicted octanol–water partition coefficient (Wildman–Crippen LogP) is 2.35. The molecular formula is C17H24N4O4S2. The lowest BCUT2D eigenvalue weighted by Gasteiger charge is -2.24. The largest absolute Gasteiger partial charge is 0.336 e. The van der Waals surface area contributed by atoms with Crippen LogP contribution in [0.4, 0.5) is 10.5 Å². The highest BCUT2D eigenvalue weighted by Gasteiger charge is 2.20. The van der Waals surface area contributed by atoms with Crippen LogP contribution >= 0.6 is 11.3 Å². The summed E-state index contributed by atoms with van der Waals surface area (Å²) in [5.41, 5.74) is 1.63. The summed E-state index contributed by atoms with van der Waals surface area (Å²) < 4.78 is 25.1. The van der Waals surface area contributed by atoms with E-state index in [1.165, 1.54) is 38.4 Å². The number of thiophene rings is 1. The molecule has 2 amide bonds. The lowest BCUT2D eigenvalue weighted by molar-refractivity contribution is -0.0258. The normalized spacial score (nSPS) is 13.0. The fourth-order valence-electron chi connectivity index (χ4n) is 2.38. The van der Waals surface area contributed by atoms with Crippen molar-refractivity contribution in [2.24, 2.45) is 0 Å². The number of sulfonamides is 1. The van der Waals surface area contributed by atoms with E-state index < -0.39 is 10.0 Å². The topological polar surface area (TPSA) is 91.0 Å². The second-order valence-corrected chi connectivity index (χ2v) is 8.71. The Bertz CT molecular complexity index is 836. The Morgan fingerprint density at radius 1 is 1.19 bits per heavy atom. The Labute approximate surface area is 163 Å². The summed E-state index contributed by atoms with van der Waals surface area (Å²) in [6.07, 6.45) is 0. The van der Waals surface area contributed by atoms with Crippen molar-refractivity contribution in [1.82, 2.24) is 14.7 Å². The van der Waals surface area contributed by atoms with Crippen LogP contribution in [0.1, 0.15) is 11.6 Å². The van der Waals surface area contributed by atoms with Gasteiger partial charge >= 0.3 is 6.03 Å². The zero-order valence-corrected chi connectivity index (χ0v) is 17.3. The van der Waals surface area contributed by atoms with Gasteiger partial charge in [0.15, 0.2) is 0 Å². The number of amides is 2. The van der Waals surface area contributed by atoms with Crippen molar-refractivity contribution in [3.8, 4) is 0 Å². The molecule has 27 heavy (non-hydrogen) atoms. The molecule has 1 unspecified atom stereocenters. The summed E-state index contributed by atoms with van der Waals surface area (Å²) in [6.45, 7) is 0.445. The van der Waals surface area contributed by atoms with E-state index in [-0.39, 0.29) is 17.0 Å². The summed E-state index contributed by atoms with van der Waals surface area (Å²) in [5, 5.41) is 9.60. The lowest BCUT2D eigenvalue weighted by Crippen LogP contribution is -2.36. The minimum atomic E-state index is -3.71. The van der Waals surface area contributed by atoms with Gasteiger partial charge in [-0.05, 0) is 60.8 Å². The van der Waals surface area contributed by atoms with Crippen molar-refractivity contribution in [2.75, 3.05) is 40.1 Å². The van der Waals surface area contributed by atoms with E-state index in [1.807, 2.05) is 30.4 Å². The number of urea groups is 1. The highest BCUT2D eigenvalue weighted by atomic mass is 32.2. The van der Waals surface area contributed by atoms with Gasteiger partial charge in [0, 0.05) is 19.3 Å². The third-order valence-electron chi connectivity index (χ3n) is 4.01. The molecule has 148 valence electrons. The van der Waals surface area contributed by atoms with E-state index >= 15 is 0 Å². The van der Waals surface area contributed by atoms with Crippen LogP contribution in [0.25, 0.3) is 0 Å². The molecule has 0 spiro atoms. The first-order valence-corrected chi connectivity index (χ1v) is 10.5. The molecule has 1 heterocycles. The zero-order valence-electron chi connectivity index (χ0n) is 15.7. The molecule has 10 heteroatoms. The molecule has 1 aromatic heterocycles. The third kappa shape index (κ3) is 5.50. The molecule has 1 atom stereocenters. The number of rotatable bonds is 8. The highest BCUT2D eigenvalue weighted by Crippen LogP contribution is 2.20. The summed E-state index contributed by atoms with van der Waals surface area (Å²) >= 11 is 1.61. The minimum absolute atomic E-state index is 0.0686. The maximum absolute atomic E-state index is 12.2. The number of hydrogen-bond donors (Lipinski definition) is 2. The van der Waals surface area contributed by atoms with E-state index in [0.717, 1.165) is 10.0 Å². The number of carbonyl (C=O) groups excluding carboxylic acids is 1. The first kappa shape index (κ1) is 21.3. The van der Waals surface area contributed by atoms with Gasteiger partial charge in [0.2, 0.25) is 0 Å². The molecule has 0 saturated carbocycles. The molecule has 1 aromatic carbocycles. The molecule has 0 saturated heterocycles. The van der Waals surface area contributed by atoms with Crippen molar-refractivity contribution in [1.29, 1.82) is 0 Å². The highest BCUT2D eigenvalue weighted by molar-refractivity contribution is 7.89. The minimum Gasteiger partial charge on any atom is -0.336 e. The lowest BCUT2D eigenvalue weighted by atomic mass is 10.1. The monoisotopic (exact) mass is 412 g/mol. The zero-order chi connectivity index (χ0) is 20.0. The molecule has 2 N–H and O–H groups in total. The number of hydrogen-bond acceptors (Lipinski definition) is 6. The van der Waals surface area contributed by atoms with Crippen LogP contribution < -0.4 is 10.6 Å². The van der Waals surface area contributed by atoms with Gasteiger partial charge in [-0.3, -0.25) is 4.84 Å². The van der Waals surface area contributed by atoms with E-state index in [0.29, 0.717) is 12.2 Å². The van der Waals surface area contributed by atoms with E-state index in [1.54, 1.807) is 11.3 Å². The quantitative estimate of drug-likeness (QED) is 0.650. The number of carbonyl (C=O) groups is 1. The average Bonchev–Trinajstić information content (AvgIpc) is 3.15. The fraction of sp³-hybridized carbons (Fsp3) is 0.353. The van der Waals surface area contributed by atoms with Gasteiger partial charge in [-0.1, -0.05) is 4.47 Å². The van der Waals surface area contributed by atoms with Gasteiger partial charge < -0.3 is 15.5 Å². The van der Waals surface area contributed by atoms with Gasteiger partial charge in [-0.15, -0.1) is 0 Å². The van der Waals surface area contributed by atoms with Crippen LogP contribution in [0.5, 0.6) is 0 Å². The Balaban J connectivity index is 1.96. The van der Waals surface area contributed by atoms with Gasteiger partial charge in [0.1, 0.15) is 0 Å². The Morgan fingerprint density at radius 3 is 2.37 bits per heavy atom. The SMILES string of the molecule is CON(C)S(=O)(=O)c1ccc(NC(=O)NCC(c2ccsc2)N(C)C)cc1. The third-order valence-corrected chi connectivity index (χ3v) is 6.41. The molecule has 8 nitrogen and oxygen atoms in total. The first-order chi connectivity index (χ1) is 12.8. The average molecular weight is 413 g/mol. The summed E-state index contributed by atoms with van der Waals surface area (Å²) in [5.74, 6) is 0. The smallest absolute Gasteiger partial charge is 0.319 e. The maximum Gasteiger partial charge on any atom is 0.319 e. The molecule has 0 aliphatic rings. The van der Waals surface area contributed by atoms with Crippen LogP contribution in [0, 0.1) is 0 Å². The van der Waals surface area contributed by atoms with Crippen molar-refractivity contribution in [3.05, 3.63) is 46.7 Å². The number of hydroxylamine groups is 1. The number of nitrogens with zero attached hydrogens (tertiary/aromatic N) is 2. The molecular weight excluding hydrogens is 388 g/mol. The van der Waals surface area contributed by atoms with Crippen LogP contribution in [0.3, 0.4) is 0 Å². The fourth-order valence-corrected chi connectivity index (χ4v) is 4.06. The Morgan fingerprint density at radius 2 is 1.85 bits per heavy atom. The van der Waals surface area contributed by atoms with E-state index in [9.17, 15) is 13.2 Å². The van der Waals surface area contributed by atoms with Crippen molar-refractivity contribution < 1.29 is 18.0 Å². The van der Waals surface area contributed by atoms with Crippen LogP contribution in [0.15, 0.2) is 46.0 Å². The van der Waals surface area contributed by atoms with Gasteiger partial charge in [-0.25, -0.2) is 13.2 Å². The summed E-state index contributed by atoms with van der Waals surface area (Å²) in [6, 6.07) is 7.62. The second kappa shape index (κ2) is 9.29. The van der Waals surface area contributed by atoms with Crippen molar-refractivity contribution in [3.63, 3.8) is 0 Å². The van der Waals surface area contributed by atoms with Gasteiger partial charge in [-0.2, -0.15) is 11.3 Å². The number of likely N-dealkylation sites (N-methyl/N-ethyl adjacent to an activating group) is 1. The van der Waals surface area contributed by atoms with Gasteiger partial charge in [0.05, 0.1) is 18.0 Å². The summed E-state index contributed by atoms with van der Waals surface area (Å²) in [7, 11) is 2.78. The Kier molecular flexibility index (Phi) is 7.33. The van der Waals surface area contributed by atoms with Crippen molar-refractivity contribution >= 4 is 33.1 Å². The molecule has 0 aliphatic heterocycles. The van der Waals surface area contributed by atoms with Gasteiger partial charge in [0.25, 0.3) is 10.0 Å². The Hall–Kier alpha value is -1.98. The molecule has 0 aliphatic carbocycles. The first-order valence-electron chi connectivity index (χ1n) is 8.12. The summed E-state index contributed by atoms with van der Waals surface area (Å²) in [4.78, 5) is 19.0. The number of anilines is 1. The molecule has 2 rings (SSSR count). The number of nitrogens with one attached hydrogen (secondary N) is 2.